The van der Waals surface area contributed by atoms with Gasteiger partial charge in [0, 0.05) is 0 Å². The molecule has 0 saturated heterocycles. The lowest BCUT2D eigenvalue weighted by Crippen LogP contribution is -2.20. The van der Waals surface area contributed by atoms with Crippen molar-refractivity contribution in [3.63, 3.8) is 0 Å². The minimum absolute atomic E-state index is 0.505. The third-order valence-electron chi connectivity index (χ3n) is 2.95. The lowest BCUT2D eigenvalue weighted by molar-refractivity contribution is 0.199. The van der Waals surface area contributed by atoms with E-state index in [1.54, 1.807) is 0 Å². The SMILES string of the molecule is CCCC(CCC(C)C)C(C)(C)C. The van der Waals surface area contributed by atoms with Gasteiger partial charge in [-0.2, -0.15) is 0 Å². The van der Waals surface area contributed by atoms with E-state index in [9.17, 15) is 0 Å². The predicted molar refractivity (Wildman–Crippen MR) is 61.9 cm³/mol. The fraction of sp³-hybridized carbons (Fsp3) is 1.00. The Labute approximate surface area is 85.1 Å². The second kappa shape index (κ2) is 5.67. The van der Waals surface area contributed by atoms with Crippen molar-refractivity contribution in [3.05, 3.63) is 0 Å². The first-order chi connectivity index (χ1) is 5.88. The first-order valence-electron chi connectivity index (χ1n) is 5.88. The van der Waals surface area contributed by atoms with Crippen molar-refractivity contribution >= 4 is 0 Å². The van der Waals surface area contributed by atoms with E-state index < -0.39 is 0 Å². The highest BCUT2D eigenvalue weighted by atomic mass is 14.3. The van der Waals surface area contributed by atoms with Gasteiger partial charge in [0.15, 0.2) is 0 Å². The fourth-order valence-corrected chi connectivity index (χ4v) is 1.89. The molecule has 0 aromatic carbocycles. The van der Waals surface area contributed by atoms with E-state index in [-0.39, 0.29) is 0 Å². The summed E-state index contributed by atoms with van der Waals surface area (Å²) in [6, 6.07) is 0. The number of hydrogen-bond acceptors (Lipinski definition) is 0. The average Bonchev–Trinajstić information content (AvgIpc) is 1.95. The van der Waals surface area contributed by atoms with Crippen molar-refractivity contribution < 1.29 is 0 Å². The van der Waals surface area contributed by atoms with Gasteiger partial charge < -0.3 is 0 Å². The van der Waals surface area contributed by atoms with Crippen molar-refractivity contribution in [3.8, 4) is 0 Å². The molecular formula is C13H28. The Morgan fingerprint density at radius 2 is 1.46 bits per heavy atom. The van der Waals surface area contributed by atoms with Crippen molar-refractivity contribution in [2.75, 3.05) is 0 Å². The van der Waals surface area contributed by atoms with Gasteiger partial charge in [0.25, 0.3) is 0 Å². The Kier molecular flexibility index (Phi) is 5.67. The lowest BCUT2D eigenvalue weighted by atomic mass is 9.75. The van der Waals surface area contributed by atoms with Gasteiger partial charge in [0.05, 0.1) is 0 Å². The molecule has 0 bridgehead atoms. The Bertz CT molecular complexity index is 116. The number of hydrogen-bond donors (Lipinski definition) is 0. The Morgan fingerprint density at radius 3 is 1.77 bits per heavy atom. The van der Waals surface area contributed by atoms with Gasteiger partial charge in [-0.3, -0.25) is 0 Å². The van der Waals surface area contributed by atoms with Crippen LogP contribution in [-0.2, 0) is 0 Å². The lowest BCUT2D eigenvalue weighted by Gasteiger charge is -2.31. The predicted octanol–water partition coefficient (Wildman–Crippen LogP) is 4.89. The number of rotatable bonds is 5. The van der Waals surface area contributed by atoms with Gasteiger partial charge >= 0.3 is 0 Å². The molecule has 0 nitrogen and oxygen atoms in total. The quantitative estimate of drug-likeness (QED) is 0.571. The second-order valence-electron chi connectivity index (χ2n) is 5.82. The summed E-state index contributed by atoms with van der Waals surface area (Å²) in [7, 11) is 0. The molecule has 0 rings (SSSR count). The zero-order valence-corrected chi connectivity index (χ0v) is 10.5. The van der Waals surface area contributed by atoms with E-state index in [1.807, 2.05) is 0 Å². The van der Waals surface area contributed by atoms with E-state index in [0.717, 1.165) is 11.8 Å². The molecule has 0 amide bonds. The summed E-state index contributed by atoms with van der Waals surface area (Å²) in [6.07, 6.45) is 5.53. The molecule has 0 aliphatic heterocycles. The first-order valence-corrected chi connectivity index (χ1v) is 5.88. The third-order valence-corrected chi connectivity index (χ3v) is 2.95. The molecule has 13 heavy (non-hydrogen) atoms. The molecule has 80 valence electrons. The third kappa shape index (κ3) is 6.12. The fourth-order valence-electron chi connectivity index (χ4n) is 1.89. The van der Waals surface area contributed by atoms with Gasteiger partial charge in [-0.1, -0.05) is 60.8 Å². The standard InChI is InChI=1S/C13H28/c1-7-8-12(13(4,5)6)10-9-11(2)3/h11-12H,7-10H2,1-6H3. The molecule has 1 atom stereocenters. The Balaban J connectivity index is 3.95. The minimum Gasteiger partial charge on any atom is -0.0654 e. The van der Waals surface area contributed by atoms with Gasteiger partial charge in [-0.05, 0) is 23.7 Å². The van der Waals surface area contributed by atoms with E-state index in [2.05, 4.69) is 41.5 Å². The largest absolute Gasteiger partial charge is 0.0654 e. The highest BCUT2D eigenvalue weighted by molar-refractivity contribution is 4.74. The zero-order valence-electron chi connectivity index (χ0n) is 10.5. The van der Waals surface area contributed by atoms with Crippen LogP contribution in [0.5, 0.6) is 0 Å². The molecule has 1 unspecified atom stereocenters. The van der Waals surface area contributed by atoms with Crippen LogP contribution in [0.2, 0.25) is 0 Å². The highest BCUT2D eigenvalue weighted by Gasteiger charge is 2.23. The summed E-state index contributed by atoms with van der Waals surface area (Å²) >= 11 is 0. The van der Waals surface area contributed by atoms with Gasteiger partial charge in [0.1, 0.15) is 0 Å². The van der Waals surface area contributed by atoms with Gasteiger partial charge in [0.2, 0.25) is 0 Å². The van der Waals surface area contributed by atoms with Crippen molar-refractivity contribution in [2.45, 2.75) is 67.2 Å². The molecule has 0 aromatic rings. The molecule has 0 radical (unpaired) electrons. The van der Waals surface area contributed by atoms with Crippen LogP contribution >= 0.6 is 0 Å². The maximum Gasteiger partial charge on any atom is -0.0354 e. The highest BCUT2D eigenvalue weighted by Crippen LogP contribution is 2.34. The van der Waals surface area contributed by atoms with Crippen LogP contribution in [0.1, 0.15) is 67.2 Å². The van der Waals surface area contributed by atoms with Gasteiger partial charge in [-0.15, -0.1) is 0 Å². The van der Waals surface area contributed by atoms with Crippen LogP contribution in [-0.4, -0.2) is 0 Å². The van der Waals surface area contributed by atoms with Crippen LogP contribution in [0.25, 0.3) is 0 Å². The molecule has 0 N–H and O–H groups in total. The van der Waals surface area contributed by atoms with Crippen LogP contribution in [0.15, 0.2) is 0 Å². The summed E-state index contributed by atoms with van der Waals surface area (Å²) in [6.45, 7) is 14.1. The van der Waals surface area contributed by atoms with Crippen LogP contribution in [0.4, 0.5) is 0 Å². The summed E-state index contributed by atoms with van der Waals surface area (Å²) in [4.78, 5) is 0. The summed E-state index contributed by atoms with van der Waals surface area (Å²) in [5.74, 6) is 1.78. The zero-order chi connectivity index (χ0) is 10.5. The molecule has 0 heterocycles. The summed E-state index contributed by atoms with van der Waals surface area (Å²) < 4.78 is 0. The van der Waals surface area contributed by atoms with Crippen LogP contribution < -0.4 is 0 Å². The first kappa shape index (κ1) is 13.0. The summed E-state index contributed by atoms with van der Waals surface area (Å²) in [5, 5.41) is 0. The molecule has 0 spiro atoms. The van der Waals surface area contributed by atoms with E-state index >= 15 is 0 Å². The van der Waals surface area contributed by atoms with Crippen LogP contribution in [0.3, 0.4) is 0 Å². The van der Waals surface area contributed by atoms with Crippen molar-refractivity contribution in [1.82, 2.24) is 0 Å². The Morgan fingerprint density at radius 1 is 0.923 bits per heavy atom. The minimum atomic E-state index is 0.505. The molecular weight excluding hydrogens is 156 g/mol. The average molecular weight is 184 g/mol. The topological polar surface area (TPSA) is 0 Å². The normalized spacial score (nSPS) is 15.0. The van der Waals surface area contributed by atoms with E-state index in [0.29, 0.717) is 5.41 Å². The maximum absolute atomic E-state index is 2.38. The Hall–Kier alpha value is 0. The molecule has 0 aliphatic rings. The molecule has 0 saturated carbocycles. The smallest absolute Gasteiger partial charge is 0.0354 e. The van der Waals surface area contributed by atoms with Crippen molar-refractivity contribution in [2.24, 2.45) is 17.3 Å². The molecule has 0 heteroatoms. The molecule has 0 aromatic heterocycles. The molecule has 0 fully saturated rings. The second-order valence-corrected chi connectivity index (χ2v) is 5.82. The van der Waals surface area contributed by atoms with Gasteiger partial charge in [-0.25, -0.2) is 0 Å². The van der Waals surface area contributed by atoms with Crippen LogP contribution in [0, 0.1) is 17.3 Å². The summed E-state index contributed by atoms with van der Waals surface area (Å²) in [5.41, 5.74) is 0.505. The maximum atomic E-state index is 2.38. The molecule has 0 aliphatic carbocycles. The van der Waals surface area contributed by atoms with E-state index in [1.165, 1.54) is 25.7 Å². The van der Waals surface area contributed by atoms with Crippen molar-refractivity contribution in [1.29, 1.82) is 0 Å². The van der Waals surface area contributed by atoms with E-state index in [4.69, 9.17) is 0 Å². The monoisotopic (exact) mass is 184 g/mol.